The summed E-state index contributed by atoms with van der Waals surface area (Å²) >= 11 is 0. The number of hydrogen-bond donors (Lipinski definition) is 2. The van der Waals surface area contributed by atoms with Crippen LogP contribution in [0.2, 0.25) is 0 Å². The molecule has 2 N–H and O–H groups in total. The van der Waals surface area contributed by atoms with Gasteiger partial charge >= 0.3 is 0 Å². The van der Waals surface area contributed by atoms with E-state index in [1.807, 2.05) is 30.3 Å². The molecular formula is C11H10N4O. The maximum absolute atomic E-state index is 11.4. The van der Waals surface area contributed by atoms with Crippen molar-refractivity contribution in [3.8, 4) is 0 Å². The van der Waals surface area contributed by atoms with Crippen LogP contribution in [0.5, 0.6) is 0 Å². The molecule has 0 aliphatic rings. The monoisotopic (exact) mass is 214 g/mol. The molecule has 0 atom stereocenters. The van der Waals surface area contributed by atoms with Gasteiger partial charge in [0.1, 0.15) is 5.69 Å². The summed E-state index contributed by atoms with van der Waals surface area (Å²) in [4.78, 5) is 17.8. The maximum Gasteiger partial charge on any atom is 0.289 e. The van der Waals surface area contributed by atoms with Crippen molar-refractivity contribution in [3.63, 3.8) is 0 Å². The van der Waals surface area contributed by atoms with Crippen molar-refractivity contribution in [1.82, 2.24) is 15.4 Å². The van der Waals surface area contributed by atoms with Crippen molar-refractivity contribution in [2.24, 2.45) is 5.10 Å². The number of carbonyl (C=O) groups is 1. The van der Waals surface area contributed by atoms with Crippen LogP contribution in [0, 0.1) is 0 Å². The molecule has 1 aromatic carbocycles. The second-order valence-electron chi connectivity index (χ2n) is 3.08. The van der Waals surface area contributed by atoms with Crippen molar-refractivity contribution in [3.05, 3.63) is 54.1 Å². The Kier molecular flexibility index (Phi) is 3.08. The molecule has 80 valence electrons. The topological polar surface area (TPSA) is 70.1 Å². The van der Waals surface area contributed by atoms with Crippen molar-refractivity contribution in [2.45, 2.75) is 0 Å². The van der Waals surface area contributed by atoms with Crippen LogP contribution < -0.4 is 5.43 Å². The number of aromatic nitrogens is 2. The van der Waals surface area contributed by atoms with Crippen LogP contribution in [-0.2, 0) is 0 Å². The van der Waals surface area contributed by atoms with Crippen molar-refractivity contribution < 1.29 is 4.79 Å². The largest absolute Gasteiger partial charge is 0.341 e. The molecule has 5 heteroatoms. The number of H-pyrrole nitrogens is 1. The molecule has 5 nitrogen and oxygen atoms in total. The van der Waals surface area contributed by atoms with E-state index in [-0.39, 0.29) is 5.91 Å². The lowest BCUT2D eigenvalue weighted by Crippen LogP contribution is -2.17. The first kappa shape index (κ1) is 10.1. The second-order valence-corrected chi connectivity index (χ2v) is 3.08. The summed E-state index contributed by atoms with van der Waals surface area (Å²) in [5.74, 6) is -0.315. The zero-order chi connectivity index (χ0) is 11.2. The van der Waals surface area contributed by atoms with Gasteiger partial charge in [0.2, 0.25) is 0 Å². The molecule has 0 aliphatic carbocycles. The third-order valence-corrected chi connectivity index (χ3v) is 1.92. The minimum Gasteiger partial charge on any atom is -0.341 e. The van der Waals surface area contributed by atoms with Crippen LogP contribution in [0.3, 0.4) is 0 Å². The lowest BCUT2D eigenvalue weighted by atomic mass is 10.2. The summed E-state index contributed by atoms with van der Waals surface area (Å²) in [5, 5.41) is 3.83. The smallest absolute Gasteiger partial charge is 0.289 e. The van der Waals surface area contributed by atoms with E-state index in [0.717, 1.165) is 5.56 Å². The molecule has 0 fully saturated rings. The van der Waals surface area contributed by atoms with E-state index in [1.54, 1.807) is 6.21 Å². The highest BCUT2D eigenvalue weighted by Crippen LogP contribution is 1.94. The molecule has 0 saturated carbocycles. The van der Waals surface area contributed by atoms with E-state index in [9.17, 15) is 4.79 Å². The number of benzene rings is 1. The molecule has 16 heavy (non-hydrogen) atoms. The van der Waals surface area contributed by atoms with Gasteiger partial charge in [0.25, 0.3) is 5.91 Å². The van der Waals surface area contributed by atoms with Crippen molar-refractivity contribution in [2.75, 3.05) is 0 Å². The quantitative estimate of drug-likeness (QED) is 0.594. The molecular weight excluding hydrogens is 204 g/mol. The Bertz CT molecular complexity index is 476. The SMILES string of the molecule is O=C(N/N=C\c1ccccc1)c1cnc[nH]1. The maximum atomic E-state index is 11.4. The van der Waals surface area contributed by atoms with E-state index < -0.39 is 0 Å². The normalized spacial score (nSPS) is 10.5. The highest BCUT2D eigenvalue weighted by molar-refractivity contribution is 5.92. The Morgan fingerprint density at radius 2 is 2.19 bits per heavy atom. The number of carbonyl (C=O) groups excluding carboxylic acids is 1. The molecule has 0 radical (unpaired) electrons. The average molecular weight is 214 g/mol. The third-order valence-electron chi connectivity index (χ3n) is 1.92. The van der Waals surface area contributed by atoms with E-state index in [4.69, 9.17) is 0 Å². The number of imidazole rings is 1. The van der Waals surface area contributed by atoms with Gasteiger partial charge in [0.05, 0.1) is 18.7 Å². The van der Waals surface area contributed by atoms with E-state index >= 15 is 0 Å². The summed E-state index contributed by atoms with van der Waals surface area (Å²) in [7, 11) is 0. The predicted molar refractivity (Wildman–Crippen MR) is 60.1 cm³/mol. The highest BCUT2D eigenvalue weighted by Gasteiger charge is 2.03. The lowest BCUT2D eigenvalue weighted by molar-refractivity contribution is 0.0950. The molecule has 2 rings (SSSR count). The molecule has 1 aromatic heterocycles. The first-order valence-corrected chi connectivity index (χ1v) is 4.73. The Labute approximate surface area is 92.2 Å². The summed E-state index contributed by atoms with van der Waals surface area (Å²) < 4.78 is 0. The molecule has 0 bridgehead atoms. The van der Waals surface area contributed by atoms with Crippen molar-refractivity contribution >= 4 is 12.1 Å². The fraction of sp³-hybridized carbons (Fsp3) is 0. The van der Waals surface area contributed by atoms with Gasteiger partial charge in [-0.15, -0.1) is 0 Å². The van der Waals surface area contributed by atoms with Crippen LogP contribution in [-0.4, -0.2) is 22.1 Å². The zero-order valence-electron chi connectivity index (χ0n) is 8.42. The van der Waals surface area contributed by atoms with Gasteiger partial charge in [-0.05, 0) is 5.56 Å². The summed E-state index contributed by atoms with van der Waals surface area (Å²) in [6.07, 6.45) is 4.46. The van der Waals surface area contributed by atoms with Gasteiger partial charge in [0, 0.05) is 0 Å². The molecule has 1 heterocycles. The standard InChI is InChI=1S/C11H10N4O/c16-11(10-7-12-8-13-10)15-14-6-9-4-2-1-3-5-9/h1-8H,(H,12,13)(H,15,16)/b14-6-. The molecule has 1 amide bonds. The van der Waals surface area contributed by atoms with Crippen LogP contribution >= 0.6 is 0 Å². The van der Waals surface area contributed by atoms with Crippen LogP contribution in [0.15, 0.2) is 48.0 Å². The summed E-state index contributed by atoms with van der Waals surface area (Å²) in [6, 6.07) is 9.51. The van der Waals surface area contributed by atoms with Gasteiger partial charge in [-0.2, -0.15) is 5.10 Å². The first-order valence-electron chi connectivity index (χ1n) is 4.73. The van der Waals surface area contributed by atoms with Gasteiger partial charge < -0.3 is 4.98 Å². The Morgan fingerprint density at radius 3 is 2.88 bits per heavy atom. The predicted octanol–water partition coefficient (Wildman–Crippen LogP) is 1.17. The zero-order valence-corrected chi connectivity index (χ0v) is 8.42. The minimum atomic E-state index is -0.315. The Balaban J connectivity index is 1.93. The Hall–Kier alpha value is -2.43. The van der Waals surface area contributed by atoms with Gasteiger partial charge in [-0.25, -0.2) is 10.4 Å². The Morgan fingerprint density at radius 1 is 1.38 bits per heavy atom. The van der Waals surface area contributed by atoms with E-state index in [2.05, 4.69) is 20.5 Å². The average Bonchev–Trinajstić information content (AvgIpc) is 2.84. The number of amides is 1. The van der Waals surface area contributed by atoms with E-state index in [0.29, 0.717) is 5.69 Å². The molecule has 0 saturated heterocycles. The minimum absolute atomic E-state index is 0.315. The lowest BCUT2D eigenvalue weighted by Gasteiger charge is -1.95. The number of rotatable bonds is 3. The second kappa shape index (κ2) is 4.88. The molecule has 0 unspecified atom stereocenters. The van der Waals surface area contributed by atoms with Gasteiger partial charge in [-0.1, -0.05) is 30.3 Å². The van der Waals surface area contributed by atoms with Gasteiger partial charge in [-0.3, -0.25) is 4.79 Å². The van der Waals surface area contributed by atoms with Crippen LogP contribution in [0.1, 0.15) is 16.1 Å². The van der Waals surface area contributed by atoms with Crippen LogP contribution in [0.4, 0.5) is 0 Å². The highest BCUT2D eigenvalue weighted by atomic mass is 16.2. The first-order chi connectivity index (χ1) is 7.86. The summed E-state index contributed by atoms with van der Waals surface area (Å²) in [5.41, 5.74) is 3.70. The fourth-order valence-corrected chi connectivity index (χ4v) is 1.14. The number of nitrogens with zero attached hydrogens (tertiary/aromatic N) is 2. The van der Waals surface area contributed by atoms with E-state index in [1.165, 1.54) is 12.5 Å². The number of hydrazone groups is 1. The van der Waals surface area contributed by atoms with Crippen LogP contribution in [0.25, 0.3) is 0 Å². The summed E-state index contributed by atoms with van der Waals surface area (Å²) in [6.45, 7) is 0. The fourth-order valence-electron chi connectivity index (χ4n) is 1.14. The third kappa shape index (κ3) is 2.54. The molecule has 2 aromatic rings. The number of nitrogens with one attached hydrogen (secondary N) is 2. The number of aromatic amines is 1. The number of hydrogen-bond acceptors (Lipinski definition) is 3. The molecule has 0 aliphatic heterocycles. The van der Waals surface area contributed by atoms with Crippen molar-refractivity contribution in [1.29, 1.82) is 0 Å². The molecule has 0 spiro atoms. The van der Waals surface area contributed by atoms with Gasteiger partial charge in [0.15, 0.2) is 0 Å².